The summed E-state index contributed by atoms with van der Waals surface area (Å²) in [5.74, 6) is 0.920. The molecule has 1 fully saturated rings. The summed E-state index contributed by atoms with van der Waals surface area (Å²) in [6, 6.07) is 6.27. The van der Waals surface area contributed by atoms with Crippen LogP contribution in [-0.2, 0) is 11.2 Å². The molecule has 1 saturated heterocycles. The summed E-state index contributed by atoms with van der Waals surface area (Å²) >= 11 is 0. The zero-order chi connectivity index (χ0) is 12.3. The van der Waals surface area contributed by atoms with Gasteiger partial charge in [-0.1, -0.05) is 17.7 Å². The number of nitrogens with two attached hydrogens (primary N) is 1. The van der Waals surface area contributed by atoms with Crippen LogP contribution in [0.1, 0.15) is 24.0 Å². The highest BCUT2D eigenvalue weighted by molar-refractivity contribution is 5.37. The molecule has 2 unspecified atom stereocenters. The Kier molecular flexibility index (Phi) is 4.02. The Morgan fingerprint density at radius 2 is 2.35 bits per heavy atom. The van der Waals surface area contributed by atoms with Crippen molar-refractivity contribution in [2.24, 2.45) is 5.73 Å². The molecule has 0 aliphatic carbocycles. The number of ether oxygens (including phenoxy) is 2. The minimum Gasteiger partial charge on any atom is -0.496 e. The molecule has 0 aromatic heterocycles. The second-order valence-electron chi connectivity index (χ2n) is 4.73. The van der Waals surface area contributed by atoms with E-state index in [1.807, 2.05) is 6.07 Å². The summed E-state index contributed by atoms with van der Waals surface area (Å²) in [7, 11) is 1.70. The highest BCUT2D eigenvalue weighted by atomic mass is 16.5. The van der Waals surface area contributed by atoms with Crippen molar-refractivity contribution < 1.29 is 9.47 Å². The van der Waals surface area contributed by atoms with Crippen molar-refractivity contribution in [3.63, 3.8) is 0 Å². The molecule has 0 saturated carbocycles. The number of aryl methyl sites for hydroxylation is 1. The van der Waals surface area contributed by atoms with Gasteiger partial charge in [-0.15, -0.1) is 0 Å². The second-order valence-corrected chi connectivity index (χ2v) is 4.73. The second kappa shape index (κ2) is 5.52. The van der Waals surface area contributed by atoms with Crippen LogP contribution in [-0.4, -0.2) is 25.9 Å². The molecule has 1 heterocycles. The van der Waals surface area contributed by atoms with E-state index in [9.17, 15) is 0 Å². The zero-order valence-electron chi connectivity index (χ0n) is 10.6. The lowest BCUT2D eigenvalue weighted by atomic mass is 9.98. The third-order valence-electron chi connectivity index (χ3n) is 3.33. The Labute approximate surface area is 103 Å². The maximum absolute atomic E-state index is 6.20. The first-order valence-electron chi connectivity index (χ1n) is 6.21. The molecule has 2 N–H and O–H groups in total. The average Bonchev–Trinajstić information content (AvgIpc) is 2.83. The van der Waals surface area contributed by atoms with Crippen molar-refractivity contribution in [3.05, 3.63) is 29.3 Å². The van der Waals surface area contributed by atoms with E-state index < -0.39 is 0 Å². The molecular weight excluding hydrogens is 214 g/mol. The maximum atomic E-state index is 6.20. The molecule has 94 valence electrons. The van der Waals surface area contributed by atoms with Gasteiger partial charge in [-0.2, -0.15) is 0 Å². The smallest absolute Gasteiger partial charge is 0.122 e. The van der Waals surface area contributed by atoms with Crippen LogP contribution in [0.5, 0.6) is 5.75 Å². The van der Waals surface area contributed by atoms with Crippen molar-refractivity contribution in [1.29, 1.82) is 0 Å². The topological polar surface area (TPSA) is 44.5 Å². The van der Waals surface area contributed by atoms with E-state index in [2.05, 4.69) is 19.1 Å². The lowest BCUT2D eigenvalue weighted by Gasteiger charge is -2.20. The molecule has 1 aromatic carbocycles. The molecular formula is C14H21NO2. The molecule has 0 amide bonds. The molecule has 3 nitrogen and oxygen atoms in total. The van der Waals surface area contributed by atoms with Crippen molar-refractivity contribution in [3.8, 4) is 5.75 Å². The first-order chi connectivity index (χ1) is 8.20. The largest absolute Gasteiger partial charge is 0.496 e. The van der Waals surface area contributed by atoms with Gasteiger partial charge >= 0.3 is 0 Å². The fourth-order valence-corrected chi connectivity index (χ4v) is 2.39. The van der Waals surface area contributed by atoms with Gasteiger partial charge in [0, 0.05) is 12.6 Å². The van der Waals surface area contributed by atoms with Gasteiger partial charge < -0.3 is 15.2 Å². The summed E-state index contributed by atoms with van der Waals surface area (Å²) in [5.41, 5.74) is 8.62. The predicted octanol–water partition coefficient (Wildman–Crippen LogP) is 2.05. The van der Waals surface area contributed by atoms with Gasteiger partial charge in [0.15, 0.2) is 0 Å². The normalized spacial score (nSPS) is 21.5. The molecule has 1 aliphatic heterocycles. The van der Waals surface area contributed by atoms with E-state index in [0.29, 0.717) is 0 Å². The van der Waals surface area contributed by atoms with Crippen LogP contribution in [0.3, 0.4) is 0 Å². The van der Waals surface area contributed by atoms with E-state index in [1.54, 1.807) is 7.11 Å². The van der Waals surface area contributed by atoms with Gasteiger partial charge in [-0.25, -0.2) is 0 Å². The SMILES string of the molecule is COc1ccc(C)cc1CC(N)C1CCCO1. The molecule has 1 aromatic rings. The van der Waals surface area contributed by atoms with Crippen molar-refractivity contribution in [1.82, 2.24) is 0 Å². The summed E-state index contributed by atoms with van der Waals surface area (Å²) in [4.78, 5) is 0. The Balaban J connectivity index is 2.08. The molecule has 2 rings (SSSR count). The average molecular weight is 235 g/mol. The van der Waals surface area contributed by atoms with Crippen LogP contribution in [0.15, 0.2) is 18.2 Å². The Bertz CT molecular complexity index is 372. The van der Waals surface area contributed by atoms with Gasteiger partial charge in [0.25, 0.3) is 0 Å². The monoisotopic (exact) mass is 235 g/mol. The quantitative estimate of drug-likeness (QED) is 0.868. The molecule has 1 aliphatic rings. The van der Waals surface area contributed by atoms with E-state index in [-0.39, 0.29) is 12.1 Å². The Morgan fingerprint density at radius 1 is 1.53 bits per heavy atom. The standard InChI is InChI=1S/C14H21NO2/c1-10-5-6-13(16-2)11(8-10)9-12(15)14-4-3-7-17-14/h5-6,8,12,14H,3-4,7,9,15H2,1-2H3. The number of rotatable bonds is 4. The number of hydrogen-bond donors (Lipinski definition) is 1. The van der Waals surface area contributed by atoms with Gasteiger partial charge in [0.05, 0.1) is 13.2 Å². The minimum atomic E-state index is 0.0631. The zero-order valence-corrected chi connectivity index (χ0v) is 10.6. The Hall–Kier alpha value is -1.06. The highest BCUT2D eigenvalue weighted by Gasteiger charge is 2.23. The first kappa shape index (κ1) is 12.4. The van der Waals surface area contributed by atoms with Crippen molar-refractivity contribution >= 4 is 0 Å². The lowest BCUT2D eigenvalue weighted by molar-refractivity contribution is 0.0898. The molecule has 0 bridgehead atoms. The number of methoxy groups -OCH3 is 1. The first-order valence-corrected chi connectivity index (χ1v) is 6.21. The van der Waals surface area contributed by atoms with E-state index >= 15 is 0 Å². The van der Waals surface area contributed by atoms with Crippen molar-refractivity contribution in [2.45, 2.75) is 38.3 Å². The maximum Gasteiger partial charge on any atom is 0.122 e. The molecule has 17 heavy (non-hydrogen) atoms. The van der Waals surface area contributed by atoms with Crippen LogP contribution in [0.4, 0.5) is 0 Å². The molecule has 2 atom stereocenters. The van der Waals surface area contributed by atoms with Gasteiger partial charge in [-0.05, 0) is 37.8 Å². The minimum absolute atomic E-state index is 0.0631. The third-order valence-corrected chi connectivity index (χ3v) is 3.33. The number of hydrogen-bond acceptors (Lipinski definition) is 3. The highest BCUT2D eigenvalue weighted by Crippen LogP contribution is 2.24. The summed E-state index contributed by atoms with van der Waals surface area (Å²) in [6.07, 6.45) is 3.23. The molecule has 0 radical (unpaired) electrons. The van der Waals surface area contributed by atoms with Crippen LogP contribution in [0.25, 0.3) is 0 Å². The lowest BCUT2D eigenvalue weighted by Crippen LogP contribution is -2.36. The van der Waals surface area contributed by atoms with Crippen LogP contribution >= 0.6 is 0 Å². The molecule has 0 spiro atoms. The van der Waals surface area contributed by atoms with Gasteiger partial charge in [0.2, 0.25) is 0 Å². The van der Waals surface area contributed by atoms with E-state index in [1.165, 1.54) is 11.1 Å². The number of benzene rings is 1. The third kappa shape index (κ3) is 2.99. The van der Waals surface area contributed by atoms with E-state index in [4.69, 9.17) is 15.2 Å². The summed E-state index contributed by atoms with van der Waals surface area (Å²) < 4.78 is 11.0. The van der Waals surface area contributed by atoms with Crippen LogP contribution < -0.4 is 10.5 Å². The van der Waals surface area contributed by atoms with E-state index in [0.717, 1.165) is 31.6 Å². The fraction of sp³-hybridized carbons (Fsp3) is 0.571. The Morgan fingerprint density at radius 3 is 3.00 bits per heavy atom. The molecule has 3 heteroatoms. The predicted molar refractivity (Wildman–Crippen MR) is 68.4 cm³/mol. The van der Waals surface area contributed by atoms with Gasteiger partial charge in [-0.3, -0.25) is 0 Å². The summed E-state index contributed by atoms with van der Waals surface area (Å²) in [6.45, 7) is 2.93. The summed E-state index contributed by atoms with van der Waals surface area (Å²) in [5, 5.41) is 0. The van der Waals surface area contributed by atoms with Gasteiger partial charge in [0.1, 0.15) is 5.75 Å². The van der Waals surface area contributed by atoms with Crippen molar-refractivity contribution in [2.75, 3.05) is 13.7 Å². The van der Waals surface area contributed by atoms with Crippen LogP contribution in [0.2, 0.25) is 0 Å². The van der Waals surface area contributed by atoms with Crippen LogP contribution in [0, 0.1) is 6.92 Å². The fourth-order valence-electron chi connectivity index (χ4n) is 2.39.